The molecule has 0 radical (unpaired) electrons. The smallest absolute Gasteiger partial charge is 0.222 e. The van der Waals surface area contributed by atoms with Gasteiger partial charge >= 0.3 is 0 Å². The summed E-state index contributed by atoms with van der Waals surface area (Å²) in [6.07, 6.45) is 7.95. The second-order valence-corrected chi connectivity index (χ2v) is 6.74. The van der Waals surface area contributed by atoms with Gasteiger partial charge in [0.2, 0.25) is 5.91 Å². The van der Waals surface area contributed by atoms with Gasteiger partial charge in [-0.25, -0.2) is 0 Å². The van der Waals surface area contributed by atoms with Crippen LogP contribution in [0.2, 0.25) is 0 Å². The number of hydrogen-bond acceptors (Lipinski definition) is 4. The minimum atomic E-state index is 0.0579. The first kappa shape index (κ1) is 15.3. The molecule has 2 aromatic heterocycles. The zero-order valence-corrected chi connectivity index (χ0v) is 13.8. The Labute approximate surface area is 141 Å². The summed E-state index contributed by atoms with van der Waals surface area (Å²) in [5.41, 5.74) is 2.10. The monoisotopic (exact) mass is 325 g/mol. The summed E-state index contributed by atoms with van der Waals surface area (Å²) in [5, 5.41) is 7.43. The van der Waals surface area contributed by atoms with Crippen molar-refractivity contribution >= 4 is 5.91 Å². The van der Waals surface area contributed by atoms with Gasteiger partial charge in [0.15, 0.2) is 0 Å². The minimum Gasteiger partial charge on any atom is -0.350 e. The lowest BCUT2D eigenvalue weighted by atomic mass is 9.90. The van der Waals surface area contributed by atoms with E-state index in [0.29, 0.717) is 19.0 Å². The minimum absolute atomic E-state index is 0.0579. The van der Waals surface area contributed by atoms with Crippen molar-refractivity contribution in [1.82, 2.24) is 25.0 Å². The van der Waals surface area contributed by atoms with Gasteiger partial charge in [-0.3, -0.25) is 19.4 Å². The van der Waals surface area contributed by atoms with Crippen LogP contribution in [0.5, 0.6) is 0 Å². The number of rotatable bonds is 5. The van der Waals surface area contributed by atoms with E-state index in [9.17, 15) is 4.79 Å². The Bertz CT molecular complexity index is 694. The molecule has 126 valence electrons. The van der Waals surface area contributed by atoms with E-state index < -0.39 is 0 Å². The highest BCUT2D eigenvalue weighted by Gasteiger charge is 2.33. The molecule has 2 aromatic rings. The fourth-order valence-corrected chi connectivity index (χ4v) is 3.58. The fraction of sp³-hybridized carbons (Fsp3) is 0.500. The van der Waals surface area contributed by atoms with Crippen molar-refractivity contribution in [3.63, 3.8) is 0 Å². The standard InChI is InChI=1S/C18H23N5O/c24-18(20-11-14-4-1-2-8-19-14)10-17-13-22(15-5-3-6-15)12-16-7-9-21-23(16)17/h1-2,4,7-9,15,17H,3,5-6,10-13H2,(H,20,24). The van der Waals surface area contributed by atoms with E-state index in [1.54, 1.807) is 6.20 Å². The third-order valence-corrected chi connectivity index (χ3v) is 5.11. The Morgan fingerprint density at radius 1 is 1.25 bits per heavy atom. The maximum Gasteiger partial charge on any atom is 0.222 e. The van der Waals surface area contributed by atoms with Gasteiger partial charge in [-0.15, -0.1) is 0 Å². The summed E-state index contributed by atoms with van der Waals surface area (Å²) in [6.45, 7) is 2.35. The van der Waals surface area contributed by atoms with Crippen LogP contribution < -0.4 is 5.32 Å². The molecule has 1 aliphatic heterocycles. The first-order valence-corrected chi connectivity index (χ1v) is 8.72. The van der Waals surface area contributed by atoms with E-state index >= 15 is 0 Å². The van der Waals surface area contributed by atoms with Crippen molar-refractivity contribution in [2.45, 2.75) is 50.9 Å². The number of fused-ring (bicyclic) bond motifs is 1. The second kappa shape index (κ2) is 6.73. The summed E-state index contributed by atoms with van der Waals surface area (Å²) >= 11 is 0. The number of pyridine rings is 1. The summed E-state index contributed by atoms with van der Waals surface area (Å²) in [6, 6.07) is 8.61. The Morgan fingerprint density at radius 2 is 2.17 bits per heavy atom. The number of carbonyl (C=O) groups excluding carboxylic acids is 1. The Hall–Kier alpha value is -2.21. The molecule has 1 N–H and O–H groups in total. The highest BCUT2D eigenvalue weighted by atomic mass is 16.1. The number of aromatic nitrogens is 3. The first-order chi connectivity index (χ1) is 11.8. The highest BCUT2D eigenvalue weighted by Crippen LogP contribution is 2.31. The number of nitrogens with one attached hydrogen (secondary N) is 1. The summed E-state index contributed by atoms with van der Waals surface area (Å²) in [7, 11) is 0. The van der Waals surface area contributed by atoms with Crippen LogP contribution in [-0.4, -0.2) is 38.2 Å². The van der Waals surface area contributed by atoms with E-state index in [1.807, 2.05) is 29.1 Å². The van der Waals surface area contributed by atoms with Crippen molar-refractivity contribution in [2.24, 2.45) is 0 Å². The molecule has 6 nitrogen and oxygen atoms in total. The van der Waals surface area contributed by atoms with Crippen LogP contribution in [0.1, 0.15) is 43.1 Å². The third kappa shape index (κ3) is 3.19. The van der Waals surface area contributed by atoms with Crippen LogP contribution in [0.25, 0.3) is 0 Å². The zero-order chi connectivity index (χ0) is 16.4. The molecule has 0 bridgehead atoms. The van der Waals surface area contributed by atoms with Crippen molar-refractivity contribution < 1.29 is 4.79 Å². The van der Waals surface area contributed by atoms with E-state index in [-0.39, 0.29) is 11.9 Å². The van der Waals surface area contributed by atoms with Crippen LogP contribution in [0, 0.1) is 0 Å². The second-order valence-electron chi connectivity index (χ2n) is 6.74. The molecule has 2 aliphatic rings. The van der Waals surface area contributed by atoms with Crippen LogP contribution in [-0.2, 0) is 17.9 Å². The predicted molar refractivity (Wildman–Crippen MR) is 90.0 cm³/mol. The lowest BCUT2D eigenvalue weighted by Gasteiger charge is -2.42. The van der Waals surface area contributed by atoms with Crippen LogP contribution in [0.15, 0.2) is 36.7 Å². The normalized spacial score (nSPS) is 21.1. The molecule has 1 unspecified atom stereocenters. The highest BCUT2D eigenvalue weighted by molar-refractivity contribution is 5.76. The molecule has 3 heterocycles. The van der Waals surface area contributed by atoms with E-state index in [4.69, 9.17) is 0 Å². The summed E-state index contributed by atoms with van der Waals surface area (Å²) in [4.78, 5) is 19.1. The largest absolute Gasteiger partial charge is 0.350 e. The van der Waals surface area contributed by atoms with E-state index in [2.05, 4.69) is 26.4 Å². The van der Waals surface area contributed by atoms with Gasteiger partial charge in [-0.05, 0) is 31.0 Å². The molecule has 1 aliphatic carbocycles. The Balaban J connectivity index is 1.38. The molecular formula is C18H23N5O. The zero-order valence-electron chi connectivity index (χ0n) is 13.8. The summed E-state index contributed by atoms with van der Waals surface area (Å²) < 4.78 is 2.04. The molecular weight excluding hydrogens is 302 g/mol. The van der Waals surface area contributed by atoms with Crippen molar-refractivity contribution in [3.05, 3.63) is 48.0 Å². The molecule has 0 spiro atoms. The average molecular weight is 325 g/mol. The lowest BCUT2D eigenvalue weighted by Crippen LogP contribution is -2.47. The number of amides is 1. The Morgan fingerprint density at radius 3 is 2.92 bits per heavy atom. The molecule has 6 heteroatoms. The molecule has 1 atom stereocenters. The first-order valence-electron chi connectivity index (χ1n) is 8.72. The predicted octanol–water partition coefficient (Wildman–Crippen LogP) is 1.89. The average Bonchev–Trinajstić information content (AvgIpc) is 3.01. The van der Waals surface area contributed by atoms with Gasteiger partial charge < -0.3 is 5.32 Å². The van der Waals surface area contributed by atoms with Gasteiger partial charge in [0.1, 0.15) is 0 Å². The van der Waals surface area contributed by atoms with E-state index in [1.165, 1.54) is 25.0 Å². The molecule has 0 saturated heterocycles. The molecule has 1 amide bonds. The number of hydrogen-bond donors (Lipinski definition) is 1. The topological polar surface area (TPSA) is 63.1 Å². The van der Waals surface area contributed by atoms with Gasteiger partial charge in [-0.2, -0.15) is 5.10 Å². The van der Waals surface area contributed by atoms with Crippen molar-refractivity contribution in [2.75, 3.05) is 6.54 Å². The summed E-state index contributed by atoms with van der Waals surface area (Å²) in [5.74, 6) is 0.0579. The van der Waals surface area contributed by atoms with Gasteiger partial charge in [0.05, 0.1) is 30.4 Å². The van der Waals surface area contributed by atoms with Crippen molar-refractivity contribution in [3.8, 4) is 0 Å². The quantitative estimate of drug-likeness (QED) is 0.912. The molecule has 1 saturated carbocycles. The number of nitrogens with zero attached hydrogens (tertiary/aromatic N) is 4. The number of carbonyl (C=O) groups is 1. The molecule has 1 fully saturated rings. The maximum absolute atomic E-state index is 12.4. The van der Waals surface area contributed by atoms with Crippen LogP contribution in [0.4, 0.5) is 0 Å². The molecule has 0 aromatic carbocycles. The van der Waals surface area contributed by atoms with Crippen molar-refractivity contribution in [1.29, 1.82) is 0 Å². The lowest BCUT2D eigenvalue weighted by molar-refractivity contribution is -0.122. The van der Waals surface area contributed by atoms with E-state index in [0.717, 1.165) is 18.8 Å². The fourth-order valence-electron chi connectivity index (χ4n) is 3.58. The third-order valence-electron chi connectivity index (χ3n) is 5.11. The maximum atomic E-state index is 12.4. The van der Waals surface area contributed by atoms with Crippen LogP contribution >= 0.6 is 0 Å². The van der Waals surface area contributed by atoms with Gasteiger partial charge in [0.25, 0.3) is 0 Å². The Kier molecular flexibility index (Phi) is 4.30. The molecule has 4 rings (SSSR count). The van der Waals surface area contributed by atoms with Crippen LogP contribution in [0.3, 0.4) is 0 Å². The SMILES string of the molecule is O=C(CC1CN(C2CCC2)Cc2ccnn21)NCc1ccccn1. The molecule has 24 heavy (non-hydrogen) atoms. The van der Waals surface area contributed by atoms with Gasteiger partial charge in [-0.1, -0.05) is 12.5 Å². The van der Waals surface area contributed by atoms with Gasteiger partial charge in [0, 0.05) is 31.5 Å².